The van der Waals surface area contributed by atoms with Crippen LogP contribution in [0.4, 0.5) is 0 Å². The molecule has 0 spiro atoms. The molecule has 1 aliphatic heterocycles. The van der Waals surface area contributed by atoms with Crippen LogP contribution in [0.25, 0.3) is 6.08 Å². The number of furan rings is 1. The van der Waals surface area contributed by atoms with Crippen LogP contribution in [0.2, 0.25) is 0 Å². The monoisotopic (exact) mass is 388 g/mol. The molecule has 0 radical (unpaired) electrons. The molecule has 27 heavy (non-hydrogen) atoms. The third-order valence-corrected chi connectivity index (χ3v) is 6.01. The van der Waals surface area contributed by atoms with Gasteiger partial charge in [0.05, 0.1) is 17.7 Å². The second kappa shape index (κ2) is 8.54. The number of hydrogen-bond acceptors (Lipinski definition) is 4. The van der Waals surface area contributed by atoms with Crippen molar-refractivity contribution in [1.82, 2.24) is 9.62 Å². The van der Waals surface area contributed by atoms with Gasteiger partial charge >= 0.3 is 0 Å². The van der Waals surface area contributed by atoms with E-state index in [1.807, 2.05) is 4.90 Å². The first kappa shape index (κ1) is 19.4. The first-order valence-corrected chi connectivity index (χ1v) is 10.5. The lowest BCUT2D eigenvalue weighted by atomic mass is 10.0. The third kappa shape index (κ3) is 5.30. The van der Waals surface area contributed by atoms with Crippen molar-refractivity contribution in [3.8, 4) is 0 Å². The highest BCUT2D eigenvalue weighted by Crippen LogP contribution is 2.16. The molecule has 1 unspecified atom stereocenters. The predicted molar refractivity (Wildman–Crippen MR) is 103 cm³/mol. The minimum Gasteiger partial charge on any atom is -0.468 e. The lowest BCUT2D eigenvalue weighted by Gasteiger charge is -2.30. The van der Waals surface area contributed by atoms with Crippen LogP contribution in [0.15, 0.2) is 58.1 Å². The summed E-state index contributed by atoms with van der Waals surface area (Å²) in [5, 5.41) is 0. The number of rotatable bonds is 6. The Bertz CT molecular complexity index is 887. The van der Waals surface area contributed by atoms with E-state index < -0.39 is 10.0 Å². The molecule has 2 aromatic rings. The van der Waals surface area contributed by atoms with Gasteiger partial charge in [-0.25, -0.2) is 13.1 Å². The Hall–Kier alpha value is -2.38. The summed E-state index contributed by atoms with van der Waals surface area (Å²) in [6, 6.07) is 9.83. The van der Waals surface area contributed by atoms with Crippen LogP contribution >= 0.6 is 0 Å². The Morgan fingerprint density at radius 1 is 1.30 bits per heavy atom. The molecule has 2 heterocycles. The zero-order valence-electron chi connectivity index (χ0n) is 15.3. The molecule has 1 amide bonds. The van der Waals surface area contributed by atoms with E-state index in [0.717, 1.165) is 31.5 Å². The second-order valence-electron chi connectivity index (χ2n) is 6.84. The molecule has 1 atom stereocenters. The predicted octanol–water partition coefficient (Wildman–Crippen LogP) is 3.03. The Labute approximate surface area is 159 Å². The van der Waals surface area contributed by atoms with Gasteiger partial charge in [-0.1, -0.05) is 19.1 Å². The summed E-state index contributed by atoms with van der Waals surface area (Å²) in [5.74, 6) is 1.08. The molecular formula is C20H24N2O4S. The van der Waals surface area contributed by atoms with Crippen molar-refractivity contribution in [3.05, 3.63) is 60.1 Å². The largest absolute Gasteiger partial charge is 0.468 e. The summed E-state index contributed by atoms with van der Waals surface area (Å²) in [7, 11) is -3.62. The molecule has 3 rings (SSSR count). The van der Waals surface area contributed by atoms with Gasteiger partial charge in [-0.15, -0.1) is 0 Å². The minimum atomic E-state index is -3.62. The van der Waals surface area contributed by atoms with Crippen LogP contribution in [0.3, 0.4) is 0 Å². The number of benzene rings is 1. The molecule has 0 saturated carbocycles. The van der Waals surface area contributed by atoms with Crippen LogP contribution in [0.1, 0.15) is 31.1 Å². The molecule has 1 aliphatic rings. The number of piperidine rings is 1. The van der Waals surface area contributed by atoms with E-state index in [9.17, 15) is 13.2 Å². The molecule has 1 saturated heterocycles. The average Bonchev–Trinajstić information content (AvgIpc) is 3.19. The van der Waals surface area contributed by atoms with Crippen molar-refractivity contribution in [2.75, 3.05) is 13.1 Å². The van der Waals surface area contributed by atoms with E-state index in [1.165, 1.54) is 18.4 Å². The van der Waals surface area contributed by atoms with Crippen LogP contribution in [-0.4, -0.2) is 32.3 Å². The number of hydrogen-bond donors (Lipinski definition) is 1. The highest BCUT2D eigenvalue weighted by molar-refractivity contribution is 7.89. The Morgan fingerprint density at radius 3 is 2.74 bits per heavy atom. The number of nitrogens with one attached hydrogen (secondary N) is 1. The number of sulfonamides is 1. The smallest absolute Gasteiger partial charge is 0.246 e. The normalized spacial score (nSPS) is 18.1. The minimum absolute atomic E-state index is 0.00152. The van der Waals surface area contributed by atoms with Gasteiger partial charge in [0, 0.05) is 19.2 Å². The highest BCUT2D eigenvalue weighted by Gasteiger charge is 2.19. The summed E-state index contributed by atoms with van der Waals surface area (Å²) < 4.78 is 32.2. The molecule has 1 aromatic carbocycles. The topological polar surface area (TPSA) is 79.6 Å². The number of carbonyl (C=O) groups is 1. The van der Waals surface area contributed by atoms with E-state index in [1.54, 1.807) is 36.4 Å². The van der Waals surface area contributed by atoms with Crippen molar-refractivity contribution < 1.29 is 17.6 Å². The van der Waals surface area contributed by atoms with Crippen LogP contribution in [-0.2, 0) is 21.4 Å². The number of nitrogens with zero attached hydrogens (tertiary/aromatic N) is 1. The van der Waals surface area contributed by atoms with Gasteiger partial charge < -0.3 is 9.32 Å². The van der Waals surface area contributed by atoms with Crippen LogP contribution in [0, 0.1) is 5.92 Å². The molecule has 0 aliphatic carbocycles. The first-order chi connectivity index (χ1) is 12.9. The van der Waals surface area contributed by atoms with Gasteiger partial charge in [-0.05, 0) is 54.7 Å². The maximum atomic E-state index is 12.3. The first-order valence-electron chi connectivity index (χ1n) is 9.03. The fourth-order valence-corrected chi connectivity index (χ4v) is 4.08. The van der Waals surface area contributed by atoms with Gasteiger partial charge in [-0.3, -0.25) is 4.79 Å². The van der Waals surface area contributed by atoms with Crippen molar-refractivity contribution in [3.63, 3.8) is 0 Å². The summed E-state index contributed by atoms with van der Waals surface area (Å²) >= 11 is 0. The van der Waals surface area contributed by atoms with E-state index in [2.05, 4.69) is 11.6 Å². The lowest BCUT2D eigenvalue weighted by Crippen LogP contribution is -2.38. The van der Waals surface area contributed by atoms with Crippen LogP contribution < -0.4 is 4.72 Å². The maximum absolute atomic E-state index is 12.3. The van der Waals surface area contributed by atoms with Crippen molar-refractivity contribution in [1.29, 1.82) is 0 Å². The number of carbonyl (C=O) groups excluding carboxylic acids is 1. The molecule has 7 heteroatoms. The summed E-state index contributed by atoms with van der Waals surface area (Å²) in [6.45, 7) is 3.84. The molecule has 1 fully saturated rings. The molecule has 0 bridgehead atoms. The van der Waals surface area contributed by atoms with E-state index in [4.69, 9.17) is 4.42 Å². The van der Waals surface area contributed by atoms with E-state index in [-0.39, 0.29) is 17.3 Å². The summed E-state index contributed by atoms with van der Waals surface area (Å²) in [5.41, 5.74) is 0.776. The van der Waals surface area contributed by atoms with E-state index in [0.29, 0.717) is 11.7 Å². The Kier molecular flexibility index (Phi) is 6.13. The maximum Gasteiger partial charge on any atom is 0.246 e. The van der Waals surface area contributed by atoms with Gasteiger partial charge in [0.15, 0.2) is 0 Å². The highest BCUT2D eigenvalue weighted by atomic mass is 32.2. The van der Waals surface area contributed by atoms with Gasteiger partial charge in [0.1, 0.15) is 5.76 Å². The SMILES string of the molecule is CC1CCCN(C(=O)/C=C/c2ccc(S(=O)(=O)NCc3ccco3)cc2)C1. The molecule has 1 N–H and O–H groups in total. The standard InChI is InChI=1S/C20H24N2O4S/c1-16-4-2-12-22(15-16)20(23)11-8-17-6-9-19(10-7-17)27(24,25)21-14-18-5-3-13-26-18/h3,5-11,13,16,21H,2,4,12,14-15H2,1H3/b11-8+. The van der Waals surface area contributed by atoms with Gasteiger partial charge in [0.25, 0.3) is 0 Å². The van der Waals surface area contributed by atoms with E-state index >= 15 is 0 Å². The van der Waals surface area contributed by atoms with Crippen LogP contribution in [0.5, 0.6) is 0 Å². The van der Waals surface area contributed by atoms with Gasteiger partial charge in [-0.2, -0.15) is 0 Å². The second-order valence-corrected chi connectivity index (χ2v) is 8.60. The number of amides is 1. The van der Waals surface area contributed by atoms with Crippen molar-refractivity contribution in [2.45, 2.75) is 31.2 Å². The number of likely N-dealkylation sites (tertiary alicyclic amines) is 1. The van der Waals surface area contributed by atoms with Gasteiger partial charge in [0.2, 0.25) is 15.9 Å². The third-order valence-electron chi connectivity index (χ3n) is 4.59. The Morgan fingerprint density at radius 2 is 2.07 bits per heavy atom. The quantitative estimate of drug-likeness (QED) is 0.772. The molecular weight excluding hydrogens is 364 g/mol. The molecule has 144 valence electrons. The average molecular weight is 388 g/mol. The zero-order chi connectivity index (χ0) is 19.3. The van der Waals surface area contributed by atoms with Crippen molar-refractivity contribution in [2.24, 2.45) is 5.92 Å². The summed E-state index contributed by atoms with van der Waals surface area (Å²) in [6.07, 6.45) is 6.97. The summed E-state index contributed by atoms with van der Waals surface area (Å²) in [4.78, 5) is 14.3. The molecule has 6 nitrogen and oxygen atoms in total. The molecule has 1 aromatic heterocycles. The Balaban J connectivity index is 1.60. The lowest BCUT2D eigenvalue weighted by molar-refractivity contribution is -0.127. The van der Waals surface area contributed by atoms with Crippen molar-refractivity contribution >= 4 is 22.0 Å². The fourth-order valence-electron chi connectivity index (χ4n) is 3.08. The fraction of sp³-hybridized carbons (Fsp3) is 0.350. The zero-order valence-corrected chi connectivity index (χ0v) is 16.1.